The zero-order valence-corrected chi connectivity index (χ0v) is 19.5. The number of rotatable bonds is 5. The third-order valence-corrected chi connectivity index (χ3v) is 7.35. The number of nitrogens with zero attached hydrogens (tertiary/aromatic N) is 2. The summed E-state index contributed by atoms with van der Waals surface area (Å²) in [7, 11) is 3.17. The van der Waals surface area contributed by atoms with Crippen molar-refractivity contribution < 1.29 is 14.3 Å². The molecule has 6 heteroatoms. The average molecular weight is 437 g/mol. The molecule has 2 fully saturated rings. The van der Waals surface area contributed by atoms with Crippen LogP contribution >= 0.6 is 0 Å². The van der Waals surface area contributed by atoms with Crippen LogP contribution in [0.2, 0.25) is 0 Å². The molecular weight excluding hydrogens is 404 g/mol. The van der Waals surface area contributed by atoms with E-state index in [1.807, 2.05) is 17.0 Å². The predicted octanol–water partition coefficient (Wildman–Crippen LogP) is 4.15. The number of pyridine rings is 1. The van der Waals surface area contributed by atoms with Gasteiger partial charge in [-0.3, -0.25) is 14.2 Å². The lowest BCUT2D eigenvalue weighted by Gasteiger charge is -2.42. The van der Waals surface area contributed by atoms with Gasteiger partial charge in [-0.05, 0) is 54.4 Å². The first-order valence-electron chi connectivity index (χ1n) is 11.2. The van der Waals surface area contributed by atoms with Crippen molar-refractivity contribution in [1.29, 1.82) is 0 Å². The highest BCUT2D eigenvalue weighted by atomic mass is 16.5. The van der Waals surface area contributed by atoms with Gasteiger partial charge in [-0.15, -0.1) is 0 Å². The van der Waals surface area contributed by atoms with Crippen LogP contribution in [0.5, 0.6) is 11.5 Å². The van der Waals surface area contributed by atoms with Gasteiger partial charge < -0.3 is 14.4 Å². The molecule has 2 bridgehead atoms. The first-order chi connectivity index (χ1) is 15.2. The van der Waals surface area contributed by atoms with Crippen LogP contribution in [0.25, 0.3) is 11.8 Å². The van der Waals surface area contributed by atoms with Gasteiger partial charge in [0.25, 0.3) is 11.5 Å². The summed E-state index contributed by atoms with van der Waals surface area (Å²) in [5.41, 5.74) is 0.990. The van der Waals surface area contributed by atoms with Crippen LogP contribution in [-0.2, 0) is 4.79 Å². The van der Waals surface area contributed by atoms with E-state index in [1.54, 1.807) is 44.7 Å². The molecule has 0 spiro atoms. The van der Waals surface area contributed by atoms with Gasteiger partial charge in [0.1, 0.15) is 17.2 Å². The number of carbonyl (C=O) groups is 1. The summed E-state index contributed by atoms with van der Waals surface area (Å²) in [5, 5.41) is 0. The fourth-order valence-corrected chi connectivity index (χ4v) is 5.36. The molecule has 2 aliphatic rings. The first-order valence-corrected chi connectivity index (χ1v) is 11.2. The predicted molar refractivity (Wildman–Crippen MR) is 126 cm³/mol. The van der Waals surface area contributed by atoms with Crippen molar-refractivity contribution in [3.05, 3.63) is 58.5 Å². The van der Waals surface area contributed by atoms with E-state index in [-0.39, 0.29) is 22.9 Å². The minimum absolute atomic E-state index is 0.117. The molecule has 1 saturated carbocycles. The second kappa shape index (κ2) is 8.49. The van der Waals surface area contributed by atoms with Crippen LogP contribution in [0.15, 0.2) is 47.4 Å². The molecule has 170 valence electrons. The number of fused-ring (bicyclic) bond motifs is 2. The van der Waals surface area contributed by atoms with Crippen molar-refractivity contribution in [2.45, 2.75) is 39.7 Å². The number of amides is 1. The van der Waals surface area contributed by atoms with Crippen LogP contribution < -0.4 is 15.0 Å². The lowest BCUT2D eigenvalue weighted by atomic mass is 9.65. The van der Waals surface area contributed by atoms with E-state index < -0.39 is 0 Å². The van der Waals surface area contributed by atoms with Gasteiger partial charge in [0.05, 0.1) is 14.2 Å². The van der Waals surface area contributed by atoms with Crippen LogP contribution in [0, 0.1) is 17.3 Å². The zero-order chi connectivity index (χ0) is 23.0. The Morgan fingerprint density at radius 1 is 1.16 bits per heavy atom. The fraction of sp³-hybridized carbons (Fsp3) is 0.462. The van der Waals surface area contributed by atoms with Crippen molar-refractivity contribution in [3.8, 4) is 11.5 Å². The Bertz CT molecular complexity index is 1100. The van der Waals surface area contributed by atoms with E-state index in [0.29, 0.717) is 34.6 Å². The third kappa shape index (κ3) is 3.94. The quantitative estimate of drug-likeness (QED) is 0.661. The van der Waals surface area contributed by atoms with E-state index >= 15 is 0 Å². The summed E-state index contributed by atoms with van der Waals surface area (Å²) in [6.07, 6.45) is 5.54. The van der Waals surface area contributed by atoms with Crippen LogP contribution in [0.3, 0.4) is 0 Å². The van der Waals surface area contributed by atoms with Crippen LogP contribution in [-0.4, -0.2) is 42.2 Å². The summed E-state index contributed by atoms with van der Waals surface area (Å²) >= 11 is 0. The average Bonchev–Trinajstić information content (AvgIpc) is 3.15. The molecule has 3 unspecified atom stereocenters. The third-order valence-electron chi connectivity index (χ3n) is 7.35. The lowest BCUT2D eigenvalue weighted by molar-refractivity contribution is -0.127. The van der Waals surface area contributed by atoms with Crippen molar-refractivity contribution >= 4 is 17.7 Å². The summed E-state index contributed by atoms with van der Waals surface area (Å²) in [6.45, 7) is 7.57. The number of ether oxygens (including phenoxy) is 2. The van der Waals surface area contributed by atoms with Crippen LogP contribution in [0.1, 0.15) is 39.2 Å². The SMILES string of the molecule is COc1ccc(C=C(C(=O)N2CC3CC2C(C)C(C)(C)C3)n2ccccc2=O)c(OC)c1. The second-order valence-corrected chi connectivity index (χ2v) is 9.65. The van der Waals surface area contributed by atoms with E-state index in [1.165, 1.54) is 10.6 Å². The monoisotopic (exact) mass is 436 g/mol. The molecule has 1 aliphatic carbocycles. The maximum absolute atomic E-state index is 14.0. The number of benzene rings is 1. The molecule has 2 heterocycles. The van der Waals surface area contributed by atoms with Crippen LogP contribution in [0.4, 0.5) is 0 Å². The number of likely N-dealkylation sites (tertiary alicyclic amines) is 1. The normalized spacial score (nSPS) is 24.3. The topological polar surface area (TPSA) is 60.8 Å². The molecule has 3 atom stereocenters. The summed E-state index contributed by atoms with van der Waals surface area (Å²) in [5.74, 6) is 2.00. The van der Waals surface area contributed by atoms with Gasteiger partial charge in [0, 0.05) is 36.5 Å². The van der Waals surface area contributed by atoms with Gasteiger partial charge >= 0.3 is 0 Å². The highest BCUT2D eigenvalue weighted by Crippen LogP contribution is 2.49. The largest absolute Gasteiger partial charge is 0.497 e. The highest BCUT2D eigenvalue weighted by Gasteiger charge is 2.49. The van der Waals surface area contributed by atoms with Gasteiger partial charge in [-0.1, -0.05) is 26.8 Å². The molecule has 1 aliphatic heterocycles. The standard InChI is InChI=1S/C26H32N2O4/c1-17-21-12-18(15-26(17,2)3)16-28(21)25(30)22(27-11-7-6-8-24(27)29)13-19-9-10-20(31-4)14-23(19)32-5/h6-11,13-14,17-18,21H,12,15-16H2,1-5H3. The molecule has 1 amide bonds. The van der Waals surface area contributed by atoms with E-state index in [4.69, 9.17) is 9.47 Å². The summed E-state index contributed by atoms with van der Waals surface area (Å²) in [6, 6.07) is 10.5. The van der Waals surface area contributed by atoms with Crippen molar-refractivity contribution in [2.75, 3.05) is 20.8 Å². The molecule has 6 nitrogen and oxygen atoms in total. The Morgan fingerprint density at radius 3 is 2.62 bits per heavy atom. The molecule has 2 aromatic rings. The Morgan fingerprint density at radius 2 is 1.94 bits per heavy atom. The van der Waals surface area contributed by atoms with Gasteiger partial charge in [0.2, 0.25) is 0 Å². The molecule has 1 aromatic carbocycles. The van der Waals surface area contributed by atoms with Crippen molar-refractivity contribution in [1.82, 2.24) is 9.47 Å². The van der Waals surface area contributed by atoms with Gasteiger partial charge in [0.15, 0.2) is 0 Å². The summed E-state index contributed by atoms with van der Waals surface area (Å²) in [4.78, 5) is 28.7. The lowest BCUT2D eigenvalue weighted by Crippen LogP contribution is -2.45. The van der Waals surface area contributed by atoms with Crippen molar-refractivity contribution in [3.63, 3.8) is 0 Å². The number of carbonyl (C=O) groups excluding carboxylic acids is 1. The molecule has 0 N–H and O–H groups in total. The molecule has 4 rings (SSSR count). The Hall–Kier alpha value is -3.02. The maximum Gasteiger partial charge on any atom is 0.271 e. The minimum atomic E-state index is -0.241. The van der Waals surface area contributed by atoms with Gasteiger partial charge in [-0.25, -0.2) is 0 Å². The molecule has 0 radical (unpaired) electrons. The highest BCUT2D eigenvalue weighted by molar-refractivity contribution is 6.18. The van der Waals surface area contributed by atoms with E-state index in [0.717, 1.165) is 19.4 Å². The maximum atomic E-state index is 14.0. The Balaban J connectivity index is 1.80. The van der Waals surface area contributed by atoms with Gasteiger partial charge in [-0.2, -0.15) is 0 Å². The van der Waals surface area contributed by atoms with E-state index in [2.05, 4.69) is 20.8 Å². The molecule has 1 saturated heterocycles. The van der Waals surface area contributed by atoms with E-state index in [9.17, 15) is 9.59 Å². The number of hydrogen-bond acceptors (Lipinski definition) is 4. The number of hydrogen-bond donors (Lipinski definition) is 0. The molecule has 32 heavy (non-hydrogen) atoms. The van der Waals surface area contributed by atoms with Crippen molar-refractivity contribution in [2.24, 2.45) is 17.3 Å². The number of aromatic nitrogens is 1. The second-order valence-electron chi connectivity index (χ2n) is 9.65. The summed E-state index contributed by atoms with van der Waals surface area (Å²) < 4.78 is 12.3. The fourth-order valence-electron chi connectivity index (χ4n) is 5.36. The smallest absolute Gasteiger partial charge is 0.271 e. The Kier molecular flexibility index (Phi) is 5.89. The molecule has 1 aromatic heterocycles. The minimum Gasteiger partial charge on any atom is -0.497 e. The first kappa shape index (κ1) is 22.2. The zero-order valence-electron chi connectivity index (χ0n) is 19.5. The Labute approximate surface area is 189 Å². The molecular formula is C26H32N2O4. The number of methoxy groups -OCH3 is 2.